The minimum absolute atomic E-state index is 0.0692. The number of anilines is 1. The molecule has 0 aliphatic carbocycles. The molecule has 116 valence electrons. The molecular formula is C16H26N4O. The highest BCUT2D eigenvalue weighted by atomic mass is 16.2. The SMILES string of the molecule is Cc1ccccc1NC(=O)CN1CCN(CCCN)CC1. The number of para-hydroxylation sites is 1. The van der Waals surface area contributed by atoms with Gasteiger partial charge in [0.25, 0.3) is 0 Å². The van der Waals surface area contributed by atoms with Crippen LogP contribution in [0.1, 0.15) is 12.0 Å². The van der Waals surface area contributed by atoms with Crippen molar-refractivity contribution in [2.24, 2.45) is 5.73 Å². The number of rotatable bonds is 6. The van der Waals surface area contributed by atoms with E-state index < -0.39 is 0 Å². The van der Waals surface area contributed by atoms with E-state index in [1.165, 1.54) is 0 Å². The average molecular weight is 290 g/mol. The van der Waals surface area contributed by atoms with Crippen LogP contribution in [-0.4, -0.2) is 61.5 Å². The van der Waals surface area contributed by atoms with Gasteiger partial charge >= 0.3 is 0 Å². The molecule has 21 heavy (non-hydrogen) atoms. The van der Waals surface area contributed by atoms with Crippen molar-refractivity contribution in [3.8, 4) is 0 Å². The van der Waals surface area contributed by atoms with Gasteiger partial charge < -0.3 is 16.0 Å². The number of amides is 1. The second-order valence-corrected chi connectivity index (χ2v) is 5.62. The van der Waals surface area contributed by atoms with Gasteiger partial charge in [-0.1, -0.05) is 18.2 Å². The van der Waals surface area contributed by atoms with Crippen LogP contribution in [0.25, 0.3) is 0 Å². The van der Waals surface area contributed by atoms with E-state index >= 15 is 0 Å². The number of nitrogens with zero attached hydrogens (tertiary/aromatic N) is 2. The van der Waals surface area contributed by atoms with E-state index in [4.69, 9.17) is 5.73 Å². The van der Waals surface area contributed by atoms with E-state index in [-0.39, 0.29) is 5.91 Å². The number of hydrogen-bond acceptors (Lipinski definition) is 4. The molecule has 0 bridgehead atoms. The van der Waals surface area contributed by atoms with Gasteiger partial charge in [0.15, 0.2) is 0 Å². The van der Waals surface area contributed by atoms with Crippen LogP contribution in [0.15, 0.2) is 24.3 Å². The van der Waals surface area contributed by atoms with Crippen molar-refractivity contribution >= 4 is 11.6 Å². The Morgan fingerprint density at radius 3 is 2.52 bits per heavy atom. The Labute approximate surface area is 127 Å². The number of hydrogen-bond donors (Lipinski definition) is 2. The molecule has 1 aliphatic rings. The summed E-state index contributed by atoms with van der Waals surface area (Å²) in [6.45, 7) is 8.25. The summed E-state index contributed by atoms with van der Waals surface area (Å²) in [6.07, 6.45) is 1.05. The molecule has 5 nitrogen and oxygen atoms in total. The topological polar surface area (TPSA) is 61.6 Å². The van der Waals surface area contributed by atoms with Crippen molar-refractivity contribution in [3.05, 3.63) is 29.8 Å². The molecule has 0 aromatic heterocycles. The van der Waals surface area contributed by atoms with E-state index in [9.17, 15) is 4.79 Å². The molecule has 3 N–H and O–H groups in total. The maximum absolute atomic E-state index is 12.1. The molecule has 0 spiro atoms. The van der Waals surface area contributed by atoms with Crippen LogP contribution in [-0.2, 0) is 4.79 Å². The maximum Gasteiger partial charge on any atom is 0.238 e. The number of nitrogens with two attached hydrogens (primary N) is 1. The van der Waals surface area contributed by atoms with Crippen molar-refractivity contribution in [1.82, 2.24) is 9.80 Å². The zero-order chi connectivity index (χ0) is 15.1. The summed E-state index contributed by atoms with van der Waals surface area (Å²) in [6, 6.07) is 7.87. The largest absolute Gasteiger partial charge is 0.330 e. The van der Waals surface area contributed by atoms with Crippen LogP contribution >= 0.6 is 0 Å². The molecule has 1 fully saturated rings. The van der Waals surface area contributed by atoms with E-state index in [1.54, 1.807) is 0 Å². The van der Waals surface area contributed by atoms with Crippen LogP contribution in [0.5, 0.6) is 0 Å². The minimum atomic E-state index is 0.0692. The van der Waals surface area contributed by atoms with Gasteiger partial charge in [0, 0.05) is 31.9 Å². The predicted molar refractivity (Wildman–Crippen MR) is 86.4 cm³/mol. The lowest BCUT2D eigenvalue weighted by Gasteiger charge is -2.34. The van der Waals surface area contributed by atoms with Crippen LogP contribution in [0.3, 0.4) is 0 Å². The van der Waals surface area contributed by atoms with Gasteiger partial charge in [-0.05, 0) is 38.1 Å². The van der Waals surface area contributed by atoms with Crippen molar-refractivity contribution in [1.29, 1.82) is 0 Å². The molecule has 2 rings (SSSR count). The Hall–Kier alpha value is -1.43. The average Bonchev–Trinajstić information content (AvgIpc) is 2.49. The molecule has 1 amide bonds. The lowest BCUT2D eigenvalue weighted by Crippen LogP contribution is -2.48. The van der Waals surface area contributed by atoms with Crippen molar-refractivity contribution in [2.75, 3.05) is 51.1 Å². The number of piperazine rings is 1. The van der Waals surface area contributed by atoms with E-state index in [2.05, 4.69) is 15.1 Å². The standard InChI is InChI=1S/C16H26N4O/c1-14-5-2-3-6-15(14)18-16(21)13-20-11-9-19(10-12-20)8-4-7-17/h2-3,5-6H,4,7-13,17H2,1H3,(H,18,21). The highest BCUT2D eigenvalue weighted by Crippen LogP contribution is 2.13. The Morgan fingerprint density at radius 1 is 1.19 bits per heavy atom. The minimum Gasteiger partial charge on any atom is -0.330 e. The van der Waals surface area contributed by atoms with Crippen LogP contribution in [0, 0.1) is 6.92 Å². The molecule has 0 saturated carbocycles. The Kier molecular flexibility index (Phi) is 6.17. The first-order valence-corrected chi connectivity index (χ1v) is 7.69. The van der Waals surface area contributed by atoms with Gasteiger partial charge in [-0.3, -0.25) is 9.69 Å². The molecule has 0 radical (unpaired) electrons. The first-order valence-electron chi connectivity index (χ1n) is 7.69. The van der Waals surface area contributed by atoms with E-state index in [0.29, 0.717) is 6.54 Å². The quantitative estimate of drug-likeness (QED) is 0.817. The third kappa shape index (κ3) is 5.12. The summed E-state index contributed by atoms with van der Waals surface area (Å²) < 4.78 is 0. The maximum atomic E-state index is 12.1. The lowest BCUT2D eigenvalue weighted by atomic mass is 10.2. The van der Waals surface area contributed by atoms with Crippen LogP contribution < -0.4 is 11.1 Å². The predicted octanol–water partition coefficient (Wildman–Crippen LogP) is 0.900. The normalized spacial score (nSPS) is 16.9. The van der Waals surface area contributed by atoms with E-state index in [1.807, 2.05) is 31.2 Å². The molecule has 0 unspecified atom stereocenters. The summed E-state index contributed by atoms with van der Waals surface area (Å²) in [5, 5.41) is 2.99. The third-order valence-corrected chi connectivity index (χ3v) is 3.93. The van der Waals surface area contributed by atoms with Crippen LogP contribution in [0.2, 0.25) is 0 Å². The van der Waals surface area contributed by atoms with Gasteiger partial charge in [-0.25, -0.2) is 0 Å². The molecule has 1 aliphatic heterocycles. The van der Waals surface area contributed by atoms with Gasteiger partial charge in [0.1, 0.15) is 0 Å². The number of benzene rings is 1. The third-order valence-electron chi connectivity index (χ3n) is 3.93. The number of carbonyl (C=O) groups excluding carboxylic acids is 1. The van der Waals surface area contributed by atoms with Gasteiger partial charge in [-0.15, -0.1) is 0 Å². The van der Waals surface area contributed by atoms with Crippen molar-refractivity contribution in [3.63, 3.8) is 0 Å². The monoisotopic (exact) mass is 290 g/mol. The highest BCUT2D eigenvalue weighted by molar-refractivity contribution is 5.92. The van der Waals surface area contributed by atoms with Gasteiger partial charge in [0.2, 0.25) is 5.91 Å². The van der Waals surface area contributed by atoms with Gasteiger partial charge in [-0.2, -0.15) is 0 Å². The molecule has 1 aromatic carbocycles. The first-order chi connectivity index (χ1) is 10.2. The summed E-state index contributed by atoms with van der Waals surface area (Å²) in [5.74, 6) is 0.0692. The molecule has 1 saturated heterocycles. The molecular weight excluding hydrogens is 264 g/mol. The van der Waals surface area contributed by atoms with Crippen LogP contribution in [0.4, 0.5) is 5.69 Å². The Balaban J connectivity index is 1.73. The Morgan fingerprint density at radius 2 is 1.86 bits per heavy atom. The fourth-order valence-electron chi connectivity index (χ4n) is 2.59. The second-order valence-electron chi connectivity index (χ2n) is 5.62. The summed E-state index contributed by atoms with van der Waals surface area (Å²) in [4.78, 5) is 16.7. The molecule has 5 heteroatoms. The van der Waals surface area contributed by atoms with Crippen molar-refractivity contribution < 1.29 is 4.79 Å². The molecule has 0 atom stereocenters. The zero-order valence-electron chi connectivity index (χ0n) is 12.8. The summed E-state index contributed by atoms with van der Waals surface area (Å²) in [5.41, 5.74) is 7.54. The van der Waals surface area contributed by atoms with E-state index in [0.717, 1.165) is 56.9 Å². The number of aryl methyl sites for hydroxylation is 1. The first kappa shape index (κ1) is 15.9. The van der Waals surface area contributed by atoms with Gasteiger partial charge in [0.05, 0.1) is 6.54 Å². The summed E-state index contributed by atoms with van der Waals surface area (Å²) in [7, 11) is 0. The smallest absolute Gasteiger partial charge is 0.238 e. The number of nitrogens with one attached hydrogen (secondary N) is 1. The highest BCUT2D eigenvalue weighted by Gasteiger charge is 2.18. The summed E-state index contributed by atoms with van der Waals surface area (Å²) >= 11 is 0. The molecule has 1 heterocycles. The lowest BCUT2D eigenvalue weighted by molar-refractivity contribution is -0.117. The molecule has 1 aromatic rings. The van der Waals surface area contributed by atoms with Crippen molar-refractivity contribution in [2.45, 2.75) is 13.3 Å². The zero-order valence-corrected chi connectivity index (χ0v) is 12.8. The fourth-order valence-corrected chi connectivity index (χ4v) is 2.59. The number of carbonyl (C=O) groups is 1. The fraction of sp³-hybridized carbons (Fsp3) is 0.562. The Bertz CT molecular complexity index is 455. The second kappa shape index (κ2) is 8.12.